The fourth-order valence-corrected chi connectivity index (χ4v) is 4.12. The largest absolute Gasteiger partial charge is 0.458 e. The maximum atomic E-state index is 14.8. The first-order valence-corrected chi connectivity index (χ1v) is 10.8. The molecule has 1 fully saturated rings. The topological polar surface area (TPSA) is 9.23 Å². The van der Waals surface area contributed by atoms with Gasteiger partial charge in [-0.2, -0.15) is 22.0 Å². The standard InChI is InChI=1S/C25H21F9O/c1-13-3-5-15(6-4-13)16-9-21(28)23(22(29)10-16)14(2)25(33,34)35-17-11-19(26)18(20(27)12-17)7-8-24(30,31)32/h9-15H,3-6H2,1-2H3. The molecule has 10 heteroatoms. The Hall–Kier alpha value is -2.83. The van der Waals surface area contributed by atoms with E-state index in [9.17, 15) is 39.5 Å². The smallest absolute Gasteiger partial charge is 0.432 e. The van der Waals surface area contributed by atoms with Gasteiger partial charge in [-0.05, 0) is 49.3 Å². The quantitative estimate of drug-likeness (QED) is 0.292. The number of benzene rings is 2. The minimum atomic E-state index is -5.03. The Morgan fingerprint density at radius 2 is 1.34 bits per heavy atom. The van der Waals surface area contributed by atoms with E-state index < -0.39 is 58.3 Å². The third-order valence-electron chi connectivity index (χ3n) is 6.12. The lowest BCUT2D eigenvalue weighted by atomic mass is 9.79. The van der Waals surface area contributed by atoms with Gasteiger partial charge in [0.15, 0.2) is 0 Å². The van der Waals surface area contributed by atoms with Crippen molar-refractivity contribution in [1.29, 1.82) is 0 Å². The molecule has 0 bridgehead atoms. The fraction of sp³-hybridized carbons (Fsp3) is 0.440. The van der Waals surface area contributed by atoms with Crippen LogP contribution < -0.4 is 4.74 Å². The summed E-state index contributed by atoms with van der Waals surface area (Å²) in [4.78, 5) is 0. The molecule has 1 saturated carbocycles. The van der Waals surface area contributed by atoms with Crippen LogP contribution in [0.2, 0.25) is 0 Å². The molecule has 1 aliphatic rings. The van der Waals surface area contributed by atoms with Gasteiger partial charge in [0.1, 0.15) is 29.0 Å². The number of hydrogen-bond donors (Lipinski definition) is 0. The summed E-state index contributed by atoms with van der Waals surface area (Å²) in [7, 11) is 0. The van der Waals surface area contributed by atoms with E-state index in [1.807, 2.05) is 0 Å². The molecule has 0 spiro atoms. The van der Waals surface area contributed by atoms with Crippen molar-refractivity contribution in [3.8, 4) is 17.6 Å². The number of hydrogen-bond acceptors (Lipinski definition) is 1. The van der Waals surface area contributed by atoms with Crippen LogP contribution in [0.5, 0.6) is 5.75 Å². The second kappa shape index (κ2) is 10.0. The molecular weight excluding hydrogens is 487 g/mol. The molecule has 3 rings (SSSR count). The highest BCUT2D eigenvalue weighted by molar-refractivity contribution is 5.42. The Morgan fingerprint density at radius 1 is 0.829 bits per heavy atom. The molecule has 0 aromatic heterocycles. The van der Waals surface area contributed by atoms with Crippen molar-refractivity contribution in [2.45, 2.75) is 63.7 Å². The second-order valence-corrected chi connectivity index (χ2v) is 8.75. The zero-order valence-electron chi connectivity index (χ0n) is 18.7. The van der Waals surface area contributed by atoms with Gasteiger partial charge in [-0.25, -0.2) is 17.6 Å². The Bertz CT molecular complexity index is 1090. The molecule has 1 unspecified atom stereocenters. The third kappa shape index (κ3) is 6.44. The lowest BCUT2D eigenvalue weighted by molar-refractivity contribution is -0.192. The minimum absolute atomic E-state index is 0.0961. The molecule has 0 N–H and O–H groups in total. The fourth-order valence-electron chi connectivity index (χ4n) is 4.12. The summed E-state index contributed by atoms with van der Waals surface area (Å²) in [6, 6.07) is 2.45. The van der Waals surface area contributed by atoms with Crippen LogP contribution in [-0.4, -0.2) is 12.3 Å². The molecule has 35 heavy (non-hydrogen) atoms. The number of rotatable bonds is 5. The number of alkyl halides is 5. The van der Waals surface area contributed by atoms with E-state index in [2.05, 4.69) is 11.7 Å². The van der Waals surface area contributed by atoms with Crippen LogP contribution in [0.3, 0.4) is 0 Å². The average Bonchev–Trinajstić information content (AvgIpc) is 2.71. The van der Waals surface area contributed by atoms with Crippen LogP contribution in [0.4, 0.5) is 39.5 Å². The molecule has 2 aromatic carbocycles. The van der Waals surface area contributed by atoms with Gasteiger partial charge in [-0.3, -0.25) is 0 Å². The summed E-state index contributed by atoms with van der Waals surface area (Å²) in [5.41, 5.74) is -1.89. The molecule has 0 heterocycles. The Labute approximate surface area is 196 Å². The van der Waals surface area contributed by atoms with E-state index in [4.69, 9.17) is 0 Å². The van der Waals surface area contributed by atoms with Crippen molar-refractivity contribution in [1.82, 2.24) is 0 Å². The van der Waals surface area contributed by atoms with Crippen LogP contribution in [0.25, 0.3) is 0 Å². The maximum Gasteiger partial charge on any atom is 0.458 e. The van der Waals surface area contributed by atoms with E-state index in [0.29, 0.717) is 30.2 Å². The highest BCUT2D eigenvalue weighted by atomic mass is 19.4. The SMILES string of the molecule is CC1CCC(c2cc(F)c(C(C)C(F)(F)Oc3cc(F)c(C#CC(F)(F)F)c(F)c3)c(F)c2)CC1. The summed E-state index contributed by atoms with van der Waals surface area (Å²) in [6.07, 6.45) is -6.17. The molecule has 1 aliphatic carbocycles. The summed E-state index contributed by atoms with van der Waals surface area (Å²) >= 11 is 0. The van der Waals surface area contributed by atoms with E-state index in [1.165, 1.54) is 5.92 Å². The van der Waals surface area contributed by atoms with Crippen LogP contribution >= 0.6 is 0 Å². The van der Waals surface area contributed by atoms with Gasteiger partial charge in [0.25, 0.3) is 0 Å². The van der Waals surface area contributed by atoms with Gasteiger partial charge in [0, 0.05) is 23.6 Å². The first kappa shape index (κ1) is 26.8. The lowest BCUT2D eigenvalue weighted by Gasteiger charge is -2.28. The average molecular weight is 508 g/mol. The van der Waals surface area contributed by atoms with Crippen LogP contribution in [0, 0.1) is 41.0 Å². The van der Waals surface area contributed by atoms with Gasteiger partial charge in [-0.15, -0.1) is 0 Å². The molecule has 1 atom stereocenters. The van der Waals surface area contributed by atoms with E-state index in [-0.39, 0.29) is 18.1 Å². The number of ether oxygens (including phenoxy) is 1. The maximum absolute atomic E-state index is 14.8. The normalized spacial score (nSPS) is 19.6. The summed E-state index contributed by atoms with van der Waals surface area (Å²) < 4.78 is 128. The molecule has 0 saturated heterocycles. The first-order valence-electron chi connectivity index (χ1n) is 10.8. The third-order valence-corrected chi connectivity index (χ3v) is 6.12. The van der Waals surface area contributed by atoms with E-state index >= 15 is 0 Å². The molecule has 2 aromatic rings. The predicted molar refractivity (Wildman–Crippen MR) is 110 cm³/mol. The highest BCUT2D eigenvalue weighted by Gasteiger charge is 2.43. The Kier molecular flexibility index (Phi) is 7.68. The van der Waals surface area contributed by atoms with Gasteiger partial charge in [-0.1, -0.05) is 25.7 Å². The molecule has 190 valence electrons. The van der Waals surface area contributed by atoms with Crippen LogP contribution in [0.15, 0.2) is 24.3 Å². The van der Waals surface area contributed by atoms with Crippen molar-refractivity contribution in [3.05, 3.63) is 64.2 Å². The minimum Gasteiger partial charge on any atom is -0.432 e. The Morgan fingerprint density at radius 3 is 1.83 bits per heavy atom. The highest BCUT2D eigenvalue weighted by Crippen LogP contribution is 2.41. The van der Waals surface area contributed by atoms with E-state index in [1.54, 1.807) is 0 Å². The summed E-state index contributed by atoms with van der Waals surface area (Å²) in [5.74, 6) is -6.76. The molecular formula is C25H21F9O. The first-order chi connectivity index (χ1) is 16.2. The van der Waals surface area contributed by atoms with Gasteiger partial charge in [0.2, 0.25) is 0 Å². The summed E-state index contributed by atoms with van der Waals surface area (Å²) in [6.45, 7) is 2.85. The monoisotopic (exact) mass is 508 g/mol. The van der Waals surface area contributed by atoms with Gasteiger partial charge in [0.05, 0.1) is 11.5 Å². The predicted octanol–water partition coefficient (Wildman–Crippen LogP) is 8.23. The number of halogens is 9. The van der Waals surface area contributed by atoms with Crippen molar-refractivity contribution >= 4 is 0 Å². The Balaban J connectivity index is 1.84. The van der Waals surface area contributed by atoms with Gasteiger partial charge >= 0.3 is 12.3 Å². The van der Waals surface area contributed by atoms with Crippen LogP contribution in [-0.2, 0) is 0 Å². The molecule has 1 nitrogen and oxygen atoms in total. The summed E-state index contributed by atoms with van der Waals surface area (Å²) in [5, 5.41) is 0. The lowest BCUT2D eigenvalue weighted by Crippen LogP contribution is -2.32. The van der Waals surface area contributed by atoms with Crippen LogP contribution in [0.1, 0.15) is 68.1 Å². The van der Waals surface area contributed by atoms with Crippen molar-refractivity contribution < 1.29 is 44.3 Å². The second-order valence-electron chi connectivity index (χ2n) is 8.75. The van der Waals surface area contributed by atoms with Crippen molar-refractivity contribution in [3.63, 3.8) is 0 Å². The molecule has 0 aliphatic heterocycles. The van der Waals surface area contributed by atoms with E-state index in [0.717, 1.165) is 31.9 Å². The zero-order chi connectivity index (χ0) is 26.1. The van der Waals surface area contributed by atoms with Gasteiger partial charge < -0.3 is 4.74 Å². The zero-order valence-corrected chi connectivity index (χ0v) is 18.7. The molecule has 0 amide bonds. The molecule has 0 radical (unpaired) electrons. The van der Waals surface area contributed by atoms with Crippen molar-refractivity contribution in [2.75, 3.05) is 0 Å². The van der Waals surface area contributed by atoms with Crippen molar-refractivity contribution in [2.24, 2.45) is 5.92 Å².